The molecule has 0 spiro atoms. The number of carbonyl (C=O) groups is 1. The fourth-order valence-corrected chi connectivity index (χ4v) is 2.31. The minimum absolute atomic E-state index is 0.0246. The molecule has 0 rings (SSSR count). The first-order chi connectivity index (χ1) is 10.7. The van der Waals surface area contributed by atoms with Crippen molar-refractivity contribution in [3.63, 3.8) is 0 Å². The number of esters is 1. The van der Waals surface area contributed by atoms with Crippen molar-refractivity contribution in [1.29, 1.82) is 0 Å². The number of ether oxygens (including phenoxy) is 2. The minimum Gasteiger partial charge on any atom is -0.457 e. The Kier molecular flexibility index (Phi) is 16.2. The molecule has 0 aromatic heterocycles. The van der Waals surface area contributed by atoms with E-state index in [1.165, 1.54) is 44.9 Å². The zero-order valence-corrected chi connectivity index (χ0v) is 14.1. The summed E-state index contributed by atoms with van der Waals surface area (Å²) in [5.74, 6) is -0.305. The van der Waals surface area contributed by atoms with Crippen LogP contribution in [0.2, 0.25) is 0 Å². The number of unbranched alkanes of at least 4 members (excludes halogenated alkanes) is 9. The Morgan fingerprint density at radius 2 is 1.45 bits per heavy atom. The van der Waals surface area contributed by atoms with E-state index in [2.05, 4.69) is 6.92 Å². The van der Waals surface area contributed by atoms with Crippen LogP contribution in [0.1, 0.15) is 77.6 Å². The van der Waals surface area contributed by atoms with Gasteiger partial charge in [-0.3, -0.25) is 4.79 Å². The van der Waals surface area contributed by atoms with E-state index in [-0.39, 0.29) is 19.2 Å². The highest BCUT2D eigenvalue weighted by atomic mass is 16.6. The van der Waals surface area contributed by atoms with Crippen molar-refractivity contribution in [3.8, 4) is 0 Å². The summed E-state index contributed by atoms with van der Waals surface area (Å²) in [6.45, 7) is 1.53. The molecule has 0 aliphatic rings. The topological polar surface area (TPSA) is 76.0 Å². The second-order valence-electron chi connectivity index (χ2n) is 5.73. The molecular formula is C17H34O5. The van der Waals surface area contributed by atoms with E-state index in [1.807, 2.05) is 0 Å². The maximum absolute atomic E-state index is 11.6. The van der Waals surface area contributed by atoms with Crippen LogP contribution >= 0.6 is 0 Å². The van der Waals surface area contributed by atoms with Crippen molar-refractivity contribution in [2.45, 2.75) is 83.7 Å². The van der Waals surface area contributed by atoms with Crippen LogP contribution in [0.4, 0.5) is 0 Å². The Hall–Kier alpha value is -0.650. The summed E-state index contributed by atoms with van der Waals surface area (Å²) in [5.41, 5.74) is 0. The monoisotopic (exact) mass is 318 g/mol. The van der Waals surface area contributed by atoms with Crippen LogP contribution in [0.15, 0.2) is 0 Å². The normalized spacial score (nSPS) is 12.3. The number of aliphatic hydroxyl groups is 2. The van der Waals surface area contributed by atoms with Crippen LogP contribution in [0.5, 0.6) is 0 Å². The number of hydrogen-bond donors (Lipinski definition) is 2. The van der Waals surface area contributed by atoms with Gasteiger partial charge < -0.3 is 19.7 Å². The van der Waals surface area contributed by atoms with Crippen molar-refractivity contribution >= 4 is 5.97 Å². The largest absolute Gasteiger partial charge is 0.457 e. The molecule has 0 fully saturated rings. The van der Waals surface area contributed by atoms with E-state index in [9.17, 15) is 4.79 Å². The number of aliphatic hydroxyl groups excluding tert-OH is 2. The summed E-state index contributed by atoms with van der Waals surface area (Å²) in [7, 11) is 0. The van der Waals surface area contributed by atoms with Crippen LogP contribution in [0, 0.1) is 0 Å². The molecule has 0 amide bonds. The highest BCUT2D eigenvalue weighted by Gasteiger charge is 2.13. The maximum atomic E-state index is 11.6. The molecule has 0 saturated carbocycles. The van der Waals surface area contributed by atoms with Crippen molar-refractivity contribution in [3.05, 3.63) is 0 Å². The van der Waals surface area contributed by atoms with Gasteiger partial charge in [0, 0.05) is 6.42 Å². The molecule has 0 aliphatic heterocycles. The predicted octanol–water partition coefficient (Wildman–Crippen LogP) is 3.17. The Morgan fingerprint density at radius 3 is 1.95 bits per heavy atom. The van der Waals surface area contributed by atoms with Crippen molar-refractivity contribution in [2.24, 2.45) is 0 Å². The third-order valence-electron chi connectivity index (χ3n) is 3.63. The molecule has 0 aliphatic carbocycles. The van der Waals surface area contributed by atoms with E-state index in [0.717, 1.165) is 19.3 Å². The summed E-state index contributed by atoms with van der Waals surface area (Å²) >= 11 is 0. The second kappa shape index (κ2) is 16.7. The third kappa shape index (κ3) is 14.3. The van der Waals surface area contributed by atoms with Gasteiger partial charge in [0.1, 0.15) is 12.9 Å². The molecule has 5 nitrogen and oxygen atoms in total. The Bertz CT molecular complexity index is 245. The smallest absolute Gasteiger partial charge is 0.306 e. The Labute approximate surface area is 135 Å². The summed E-state index contributed by atoms with van der Waals surface area (Å²) in [5, 5.41) is 17.5. The average Bonchev–Trinajstić information content (AvgIpc) is 2.53. The Morgan fingerprint density at radius 1 is 0.909 bits per heavy atom. The zero-order chi connectivity index (χ0) is 16.5. The molecule has 0 saturated heterocycles. The van der Waals surface area contributed by atoms with Gasteiger partial charge in [-0.15, -0.1) is 0 Å². The predicted molar refractivity (Wildman–Crippen MR) is 86.5 cm³/mol. The molecular weight excluding hydrogens is 284 g/mol. The van der Waals surface area contributed by atoms with Crippen LogP contribution in [0.3, 0.4) is 0 Å². The van der Waals surface area contributed by atoms with Gasteiger partial charge in [-0.1, -0.05) is 64.7 Å². The molecule has 2 N–H and O–H groups in total. The van der Waals surface area contributed by atoms with Gasteiger partial charge in [-0.05, 0) is 6.42 Å². The van der Waals surface area contributed by atoms with E-state index < -0.39 is 12.9 Å². The molecule has 22 heavy (non-hydrogen) atoms. The van der Waals surface area contributed by atoms with Gasteiger partial charge in [0.2, 0.25) is 0 Å². The fourth-order valence-electron chi connectivity index (χ4n) is 2.31. The first-order valence-electron chi connectivity index (χ1n) is 8.73. The second-order valence-corrected chi connectivity index (χ2v) is 5.73. The van der Waals surface area contributed by atoms with E-state index in [0.29, 0.717) is 6.42 Å². The molecule has 0 bridgehead atoms. The van der Waals surface area contributed by atoms with E-state index in [1.54, 1.807) is 0 Å². The lowest BCUT2D eigenvalue weighted by Gasteiger charge is -2.14. The van der Waals surface area contributed by atoms with Crippen molar-refractivity contribution in [2.75, 3.05) is 20.0 Å². The molecule has 1 atom stereocenters. The molecule has 0 heterocycles. The standard InChI is InChI=1S/C17H34O5/c1-2-3-4-5-6-7-8-9-10-11-12-17(20)22-16(13-18)14-21-15-19/h16,18-19H,2-15H2,1H3/t16-/m1/s1. The number of hydrogen-bond acceptors (Lipinski definition) is 5. The number of rotatable bonds is 16. The molecule has 5 heteroatoms. The van der Waals surface area contributed by atoms with Crippen LogP contribution in [-0.4, -0.2) is 42.3 Å². The number of carbonyl (C=O) groups excluding carboxylic acids is 1. The lowest BCUT2D eigenvalue weighted by atomic mass is 10.1. The van der Waals surface area contributed by atoms with Gasteiger partial charge in [-0.25, -0.2) is 0 Å². The van der Waals surface area contributed by atoms with Gasteiger partial charge in [0.05, 0.1) is 13.2 Å². The van der Waals surface area contributed by atoms with Crippen molar-refractivity contribution in [1.82, 2.24) is 0 Å². The molecule has 0 unspecified atom stereocenters. The summed E-state index contributed by atoms with van der Waals surface area (Å²) in [6.07, 6.45) is 11.9. The van der Waals surface area contributed by atoms with Gasteiger partial charge in [-0.2, -0.15) is 0 Å². The molecule has 0 aromatic rings. The third-order valence-corrected chi connectivity index (χ3v) is 3.63. The minimum atomic E-state index is -0.678. The zero-order valence-electron chi connectivity index (χ0n) is 14.1. The van der Waals surface area contributed by atoms with Crippen molar-refractivity contribution < 1.29 is 24.5 Å². The quantitative estimate of drug-likeness (QED) is 0.260. The lowest BCUT2D eigenvalue weighted by molar-refractivity contribution is -0.157. The maximum Gasteiger partial charge on any atom is 0.306 e. The fraction of sp³-hybridized carbons (Fsp3) is 0.941. The highest BCUT2D eigenvalue weighted by Crippen LogP contribution is 2.11. The summed E-state index contributed by atoms with van der Waals surface area (Å²) in [4.78, 5) is 11.6. The SMILES string of the molecule is CCCCCCCCCCCCC(=O)O[C@H](CO)COCO. The van der Waals surface area contributed by atoms with Gasteiger partial charge in [0.15, 0.2) is 0 Å². The first kappa shape index (κ1) is 21.4. The first-order valence-corrected chi connectivity index (χ1v) is 8.73. The van der Waals surface area contributed by atoms with Crippen LogP contribution in [0.25, 0.3) is 0 Å². The average molecular weight is 318 g/mol. The lowest BCUT2D eigenvalue weighted by Crippen LogP contribution is -2.27. The molecule has 132 valence electrons. The molecule has 0 radical (unpaired) electrons. The summed E-state index contributed by atoms with van der Waals surface area (Å²) < 4.78 is 9.77. The Balaban J connectivity index is 3.37. The van der Waals surface area contributed by atoms with Crippen LogP contribution < -0.4 is 0 Å². The van der Waals surface area contributed by atoms with Crippen LogP contribution in [-0.2, 0) is 14.3 Å². The highest BCUT2D eigenvalue weighted by molar-refractivity contribution is 5.69. The van der Waals surface area contributed by atoms with Gasteiger partial charge >= 0.3 is 5.97 Å². The van der Waals surface area contributed by atoms with E-state index in [4.69, 9.17) is 19.7 Å². The van der Waals surface area contributed by atoms with E-state index >= 15 is 0 Å². The summed E-state index contributed by atoms with van der Waals surface area (Å²) in [6, 6.07) is 0. The van der Waals surface area contributed by atoms with Gasteiger partial charge in [0.25, 0.3) is 0 Å². The molecule has 0 aromatic carbocycles.